The molecular weight excluding hydrogens is 291 g/mol. The highest BCUT2D eigenvalue weighted by molar-refractivity contribution is 6.43. The molecule has 18 heavy (non-hydrogen) atoms. The Kier molecular flexibility index (Phi) is 4.48. The van der Waals surface area contributed by atoms with Crippen LogP contribution in [0.4, 0.5) is 5.69 Å². The third-order valence-electron chi connectivity index (χ3n) is 2.24. The van der Waals surface area contributed by atoms with Crippen molar-refractivity contribution in [1.29, 1.82) is 0 Å². The minimum atomic E-state index is 0.476. The monoisotopic (exact) mass is 298 g/mol. The summed E-state index contributed by atoms with van der Waals surface area (Å²) in [4.78, 5) is 0. The smallest absolute Gasteiger partial charge is 0.0748 e. The first-order valence-electron chi connectivity index (χ1n) is 5.16. The highest BCUT2D eigenvalue weighted by Gasteiger charge is 2.01. The third kappa shape index (κ3) is 3.16. The lowest BCUT2D eigenvalue weighted by atomic mass is 10.2. The Hall–Kier alpha value is -1.22. The maximum absolute atomic E-state index is 6.03. The molecule has 0 unspecified atom stereocenters. The summed E-state index contributed by atoms with van der Waals surface area (Å²) < 4.78 is 0. The van der Waals surface area contributed by atoms with E-state index in [-0.39, 0.29) is 0 Å². The first-order chi connectivity index (χ1) is 8.68. The van der Waals surface area contributed by atoms with Gasteiger partial charge in [0.25, 0.3) is 0 Å². The summed E-state index contributed by atoms with van der Waals surface area (Å²) >= 11 is 17.9. The molecule has 2 nitrogen and oxygen atoms in total. The Morgan fingerprint density at radius 2 is 1.61 bits per heavy atom. The highest BCUT2D eigenvalue weighted by atomic mass is 35.5. The van der Waals surface area contributed by atoms with Crippen molar-refractivity contribution >= 4 is 46.7 Å². The van der Waals surface area contributed by atoms with Crippen molar-refractivity contribution in [2.75, 3.05) is 5.43 Å². The number of halogens is 3. The number of hydrogen-bond acceptors (Lipinski definition) is 2. The highest BCUT2D eigenvalue weighted by Crippen LogP contribution is 2.24. The standard InChI is InChI=1S/C13H9Cl3N2/c14-10-5-1-2-7-12(10)18-17-8-9-4-3-6-11(15)13(9)16/h1-8,18H/b17-8-. The van der Waals surface area contributed by atoms with Gasteiger partial charge in [-0.15, -0.1) is 0 Å². The zero-order valence-electron chi connectivity index (χ0n) is 9.20. The van der Waals surface area contributed by atoms with Gasteiger partial charge in [-0.1, -0.05) is 59.1 Å². The molecule has 2 aromatic rings. The Labute approximate surface area is 120 Å². The van der Waals surface area contributed by atoms with Crippen LogP contribution in [0.1, 0.15) is 5.56 Å². The normalized spacial score (nSPS) is 10.8. The van der Waals surface area contributed by atoms with Crippen molar-refractivity contribution in [3.63, 3.8) is 0 Å². The predicted molar refractivity (Wildman–Crippen MR) is 79.1 cm³/mol. The van der Waals surface area contributed by atoms with Gasteiger partial charge in [-0.05, 0) is 18.2 Å². The summed E-state index contributed by atoms with van der Waals surface area (Å²) in [5, 5.41) is 5.65. The van der Waals surface area contributed by atoms with Gasteiger partial charge >= 0.3 is 0 Å². The van der Waals surface area contributed by atoms with Crippen LogP contribution < -0.4 is 5.43 Å². The average Bonchev–Trinajstić information content (AvgIpc) is 2.37. The molecule has 0 heterocycles. The van der Waals surface area contributed by atoms with Gasteiger partial charge in [-0.2, -0.15) is 5.10 Å². The van der Waals surface area contributed by atoms with Gasteiger partial charge in [0, 0.05) is 5.56 Å². The molecule has 0 aliphatic heterocycles. The second-order valence-electron chi connectivity index (χ2n) is 3.49. The second kappa shape index (κ2) is 6.10. The molecule has 2 rings (SSSR count). The molecule has 0 fully saturated rings. The van der Waals surface area contributed by atoms with Crippen LogP contribution in [0.25, 0.3) is 0 Å². The number of nitrogens with zero attached hydrogens (tertiary/aromatic N) is 1. The summed E-state index contributed by atoms with van der Waals surface area (Å²) in [7, 11) is 0. The van der Waals surface area contributed by atoms with Gasteiger partial charge < -0.3 is 0 Å². The fraction of sp³-hybridized carbons (Fsp3) is 0. The minimum absolute atomic E-state index is 0.476. The lowest BCUT2D eigenvalue weighted by Crippen LogP contribution is -1.92. The van der Waals surface area contributed by atoms with E-state index in [1.165, 1.54) is 0 Å². The van der Waals surface area contributed by atoms with Gasteiger partial charge in [-0.25, -0.2) is 0 Å². The van der Waals surface area contributed by atoms with Crippen molar-refractivity contribution in [3.05, 3.63) is 63.1 Å². The summed E-state index contributed by atoms with van der Waals surface area (Å²) in [6.45, 7) is 0. The van der Waals surface area contributed by atoms with Gasteiger partial charge in [0.15, 0.2) is 0 Å². The van der Waals surface area contributed by atoms with E-state index in [0.717, 1.165) is 11.3 Å². The van der Waals surface area contributed by atoms with E-state index < -0.39 is 0 Å². The molecule has 0 aliphatic rings. The zero-order valence-corrected chi connectivity index (χ0v) is 11.5. The van der Waals surface area contributed by atoms with Crippen LogP contribution >= 0.6 is 34.8 Å². The fourth-order valence-electron chi connectivity index (χ4n) is 1.34. The van der Waals surface area contributed by atoms with Crippen LogP contribution in [0.2, 0.25) is 15.1 Å². The SMILES string of the molecule is Clc1ccccc1N/N=C\c1cccc(Cl)c1Cl. The third-order valence-corrected chi connectivity index (χ3v) is 3.41. The van der Waals surface area contributed by atoms with Crippen molar-refractivity contribution in [2.24, 2.45) is 5.10 Å². The van der Waals surface area contributed by atoms with Crippen LogP contribution in [0.15, 0.2) is 47.6 Å². The van der Waals surface area contributed by atoms with Gasteiger partial charge in [0.05, 0.1) is 27.0 Å². The summed E-state index contributed by atoms with van der Waals surface area (Å²) in [5.41, 5.74) is 4.31. The molecule has 0 spiro atoms. The number of nitrogens with one attached hydrogen (secondary N) is 1. The molecular formula is C13H9Cl3N2. The van der Waals surface area contributed by atoms with E-state index in [4.69, 9.17) is 34.8 Å². The van der Waals surface area contributed by atoms with Gasteiger partial charge in [-0.3, -0.25) is 5.43 Å². The van der Waals surface area contributed by atoms with E-state index in [0.29, 0.717) is 15.1 Å². The lowest BCUT2D eigenvalue weighted by Gasteiger charge is -2.03. The molecule has 0 aromatic heterocycles. The minimum Gasteiger partial charge on any atom is -0.277 e. The average molecular weight is 300 g/mol. The number of para-hydroxylation sites is 1. The topological polar surface area (TPSA) is 24.4 Å². The number of hydrogen-bond donors (Lipinski definition) is 1. The summed E-state index contributed by atoms with van der Waals surface area (Å²) in [6.07, 6.45) is 1.59. The van der Waals surface area contributed by atoms with Crippen molar-refractivity contribution < 1.29 is 0 Å². The van der Waals surface area contributed by atoms with Crippen molar-refractivity contribution in [2.45, 2.75) is 0 Å². The number of rotatable bonds is 3. The first kappa shape index (κ1) is 13.2. The molecule has 0 saturated carbocycles. The molecule has 5 heteroatoms. The first-order valence-corrected chi connectivity index (χ1v) is 6.29. The maximum atomic E-state index is 6.03. The van der Waals surface area contributed by atoms with Gasteiger partial charge in [0.2, 0.25) is 0 Å². The van der Waals surface area contributed by atoms with Crippen LogP contribution in [0.5, 0.6) is 0 Å². The Balaban J connectivity index is 2.13. The van der Waals surface area contributed by atoms with Crippen LogP contribution in [-0.4, -0.2) is 6.21 Å². The molecule has 0 atom stereocenters. The number of anilines is 1. The van der Waals surface area contributed by atoms with Crippen molar-refractivity contribution in [1.82, 2.24) is 0 Å². The predicted octanol–water partition coefficient (Wildman–Crippen LogP) is 5.09. The molecule has 0 aliphatic carbocycles. The quantitative estimate of drug-likeness (QED) is 0.619. The molecule has 2 aromatic carbocycles. The Morgan fingerprint density at radius 1 is 0.889 bits per heavy atom. The van der Waals surface area contributed by atoms with Crippen LogP contribution in [0.3, 0.4) is 0 Å². The van der Waals surface area contributed by atoms with E-state index in [2.05, 4.69) is 10.5 Å². The Bertz CT molecular complexity index is 582. The lowest BCUT2D eigenvalue weighted by molar-refractivity contribution is 1.35. The molecule has 92 valence electrons. The van der Waals surface area contributed by atoms with E-state index >= 15 is 0 Å². The van der Waals surface area contributed by atoms with E-state index in [1.807, 2.05) is 30.3 Å². The molecule has 0 amide bonds. The number of hydrazone groups is 1. The summed E-state index contributed by atoms with van der Waals surface area (Å²) in [6, 6.07) is 12.7. The van der Waals surface area contributed by atoms with Crippen LogP contribution in [0, 0.1) is 0 Å². The maximum Gasteiger partial charge on any atom is 0.0748 e. The summed E-state index contributed by atoms with van der Waals surface area (Å²) in [5.74, 6) is 0. The van der Waals surface area contributed by atoms with E-state index in [1.54, 1.807) is 18.3 Å². The Morgan fingerprint density at radius 3 is 2.39 bits per heavy atom. The fourth-order valence-corrected chi connectivity index (χ4v) is 1.88. The van der Waals surface area contributed by atoms with Crippen molar-refractivity contribution in [3.8, 4) is 0 Å². The zero-order chi connectivity index (χ0) is 13.0. The second-order valence-corrected chi connectivity index (χ2v) is 4.69. The molecule has 0 radical (unpaired) electrons. The molecule has 1 N–H and O–H groups in total. The largest absolute Gasteiger partial charge is 0.277 e. The van der Waals surface area contributed by atoms with Crippen LogP contribution in [-0.2, 0) is 0 Å². The van der Waals surface area contributed by atoms with Gasteiger partial charge in [0.1, 0.15) is 0 Å². The van der Waals surface area contributed by atoms with E-state index in [9.17, 15) is 0 Å². The number of benzene rings is 2. The molecule has 0 saturated heterocycles. The molecule has 0 bridgehead atoms.